The monoisotopic (exact) mass is 260 g/mol. The molecule has 6 nitrogen and oxygen atoms in total. The van der Waals surface area contributed by atoms with Crippen LogP contribution in [0.4, 0.5) is 0 Å². The lowest BCUT2D eigenvalue weighted by molar-refractivity contribution is -0.274. The standard InChI is InChI=1S/C12H24N2O4/c1-4-12(6-15)7-17-10(18-8-12)11(2,3)5-9(16)14-13/h10,15H,4-8,13H2,1-3H3,(H,14,16). The average Bonchev–Trinajstić information content (AvgIpc) is 2.38. The van der Waals surface area contributed by atoms with E-state index in [1.54, 1.807) is 0 Å². The number of carbonyl (C=O) groups is 1. The SMILES string of the molecule is CCC1(CO)COC(C(C)(C)CC(=O)NN)OC1. The van der Waals surface area contributed by atoms with E-state index < -0.39 is 11.7 Å². The zero-order valence-corrected chi connectivity index (χ0v) is 11.4. The second kappa shape index (κ2) is 5.97. The van der Waals surface area contributed by atoms with Gasteiger partial charge in [-0.1, -0.05) is 20.8 Å². The summed E-state index contributed by atoms with van der Waals surface area (Å²) in [6, 6.07) is 0. The van der Waals surface area contributed by atoms with Crippen LogP contribution >= 0.6 is 0 Å². The maximum atomic E-state index is 11.3. The van der Waals surface area contributed by atoms with Gasteiger partial charge in [-0.25, -0.2) is 5.84 Å². The summed E-state index contributed by atoms with van der Waals surface area (Å²) in [5.74, 6) is 4.83. The van der Waals surface area contributed by atoms with E-state index in [0.29, 0.717) is 13.2 Å². The minimum absolute atomic E-state index is 0.0416. The lowest BCUT2D eigenvalue weighted by Crippen LogP contribution is -2.50. The van der Waals surface area contributed by atoms with E-state index in [0.717, 1.165) is 6.42 Å². The van der Waals surface area contributed by atoms with Crippen molar-refractivity contribution < 1.29 is 19.4 Å². The first-order valence-electron chi connectivity index (χ1n) is 6.22. The molecule has 0 unspecified atom stereocenters. The number of nitrogens with two attached hydrogens (primary N) is 1. The Labute approximate surface area is 108 Å². The van der Waals surface area contributed by atoms with Crippen LogP contribution in [0.2, 0.25) is 0 Å². The van der Waals surface area contributed by atoms with Gasteiger partial charge in [-0.2, -0.15) is 0 Å². The lowest BCUT2D eigenvalue weighted by atomic mass is 9.84. The molecule has 1 rings (SSSR count). The molecule has 0 saturated carbocycles. The summed E-state index contributed by atoms with van der Waals surface area (Å²) >= 11 is 0. The summed E-state index contributed by atoms with van der Waals surface area (Å²) < 4.78 is 11.4. The van der Waals surface area contributed by atoms with Crippen molar-refractivity contribution >= 4 is 5.91 Å². The first-order chi connectivity index (χ1) is 8.39. The Morgan fingerprint density at radius 3 is 2.44 bits per heavy atom. The van der Waals surface area contributed by atoms with Crippen LogP contribution in [0.1, 0.15) is 33.6 Å². The molecule has 1 aliphatic rings. The molecule has 1 saturated heterocycles. The highest BCUT2D eigenvalue weighted by Gasteiger charge is 2.41. The fraction of sp³-hybridized carbons (Fsp3) is 0.917. The van der Waals surface area contributed by atoms with Gasteiger partial charge in [-0.3, -0.25) is 10.2 Å². The summed E-state index contributed by atoms with van der Waals surface area (Å²) in [6.07, 6.45) is 0.563. The maximum absolute atomic E-state index is 11.3. The largest absolute Gasteiger partial charge is 0.396 e. The van der Waals surface area contributed by atoms with E-state index in [1.165, 1.54) is 0 Å². The Morgan fingerprint density at radius 2 is 2.06 bits per heavy atom. The second-order valence-electron chi connectivity index (χ2n) is 5.70. The Balaban J connectivity index is 2.58. The fourth-order valence-corrected chi connectivity index (χ4v) is 2.00. The van der Waals surface area contributed by atoms with Gasteiger partial charge in [-0.05, 0) is 6.42 Å². The first-order valence-corrected chi connectivity index (χ1v) is 6.22. The normalized spacial score (nSPS) is 29.1. The molecule has 0 aromatic heterocycles. The maximum Gasteiger partial charge on any atom is 0.234 e. The molecule has 0 atom stereocenters. The third-order valence-corrected chi connectivity index (χ3v) is 3.58. The van der Waals surface area contributed by atoms with Crippen LogP contribution in [0.25, 0.3) is 0 Å². The molecule has 1 aliphatic heterocycles. The van der Waals surface area contributed by atoms with Crippen molar-refractivity contribution in [1.82, 2.24) is 5.43 Å². The summed E-state index contributed by atoms with van der Waals surface area (Å²) in [5, 5.41) is 9.37. The van der Waals surface area contributed by atoms with Gasteiger partial charge in [0.2, 0.25) is 5.91 Å². The number of hydrogen-bond acceptors (Lipinski definition) is 5. The summed E-state index contributed by atoms with van der Waals surface area (Å²) in [7, 11) is 0. The van der Waals surface area contributed by atoms with Crippen LogP contribution in [-0.2, 0) is 14.3 Å². The van der Waals surface area contributed by atoms with Crippen LogP contribution in [0.15, 0.2) is 0 Å². The highest BCUT2D eigenvalue weighted by molar-refractivity contribution is 5.75. The molecule has 4 N–H and O–H groups in total. The predicted molar refractivity (Wildman–Crippen MR) is 66.2 cm³/mol. The molecule has 106 valence electrons. The van der Waals surface area contributed by atoms with Gasteiger partial charge in [-0.15, -0.1) is 0 Å². The summed E-state index contributed by atoms with van der Waals surface area (Å²) in [6.45, 7) is 6.71. The van der Waals surface area contributed by atoms with Crippen LogP contribution < -0.4 is 11.3 Å². The summed E-state index contributed by atoms with van der Waals surface area (Å²) in [5.41, 5.74) is 1.33. The smallest absolute Gasteiger partial charge is 0.234 e. The fourth-order valence-electron chi connectivity index (χ4n) is 2.00. The van der Waals surface area contributed by atoms with Crippen LogP contribution in [0.3, 0.4) is 0 Å². The predicted octanol–water partition coefficient (Wildman–Crippen LogP) is 0.154. The van der Waals surface area contributed by atoms with Crippen molar-refractivity contribution in [2.45, 2.75) is 39.9 Å². The van der Waals surface area contributed by atoms with E-state index in [9.17, 15) is 9.90 Å². The molecule has 0 bridgehead atoms. The van der Waals surface area contributed by atoms with Gasteiger partial charge in [0.15, 0.2) is 6.29 Å². The average molecular weight is 260 g/mol. The minimum atomic E-state index is -0.460. The molecule has 1 amide bonds. The number of amides is 1. The van der Waals surface area contributed by atoms with Gasteiger partial charge < -0.3 is 14.6 Å². The number of carbonyl (C=O) groups excluding carboxylic acids is 1. The van der Waals surface area contributed by atoms with Gasteiger partial charge in [0, 0.05) is 17.3 Å². The second-order valence-corrected chi connectivity index (χ2v) is 5.70. The number of rotatable bonds is 5. The Kier molecular flexibility index (Phi) is 5.10. The topological polar surface area (TPSA) is 93.8 Å². The number of hydrazine groups is 1. The zero-order chi connectivity index (χ0) is 13.8. The first kappa shape index (κ1) is 15.4. The highest BCUT2D eigenvalue weighted by Crippen LogP contribution is 2.36. The Bertz CT molecular complexity index is 280. The minimum Gasteiger partial charge on any atom is -0.396 e. The third-order valence-electron chi connectivity index (χ3n) is 3.58. The van der Waals surface area contributed by atoms with E-state index in [-0.39, 0.29) is 24.3 Å². The molecular formula is C12H24N2O4. The molecule has 18 heavy (non-hydrogen) atoms. The molecule has 0 aromatic rings. The summed E-state index contributed by atoms with van der Waals surface area (Å²) in [4.78, 5) is 11.3. The van der Waals surface area contributed by atoms with E-state index in [2.05, 4.69) is 5.43 Å². The number of nitrogens with one attached hydrogen (secondary N) is 1. The zero-order valence-electron chi connectivity index (χ0n) is 11.4. The van der Waals surface area contributed by atoms with Crippen LogP contribution in [-0.4, -0.2) is 37.1 Å². The Hall–Kier alpha value is -0.690. The van der Waals surface area contributed by atoms with Crippen molar-refractivity contribution in [3.05, 3.63) is 0 Å². The van der Waals surface area contributed by atoms with E-state index in [4.69, 9.17) is 15.3 Å². The Morgan fingerprint density at radius 1 is 1.50 bits per heavy atom. The number of hydrogen-bond donors (Lipinski definition) is 3. The third kappa shape index (κ3) is 3.41. The molecule has 1 heterocycles. The lowest BCUT2D eigenvalue weighted by Gasteiger charge is -2.43. The van der Waals surface area contributed by atoms with Gasteiger partial charge in [0.1, 0.15) is 0 Å². The number of ether oxygens (including phenoxy) is 2. The van der Waals surface area contributed by atoms with Crippen molar-refractivity contribution in [2.75, 3.05) is 19.8 Å². The van der Waals surface area contributed by atoms with Gasteiger partial charge in [0.05, 0.1) is 19.8 Å². The van der Waals surface area contributed by atoms with Crippen molar-refractivity contribution in [3.63, 3.8) is 0 Å². The molecule has 0 aliphatic carbocycles. The molecular weight excluding hydrogens is 236 g/mol. The van der Waals surface area contributed by atoms with Crippen molar-refractivity contribution in [1.29, 1.82) is 0 Å². The van der Waals surface area contributed by atoms with Crippen LogP contribution in [0.5, 0.6) is 0 Å². The number of aliphatic hydroxyl groups excluding tert-OH is 1. The molecule has 0 aromatic carbocycles. The molecule has 0 radical (unpaired) electrons. The van der Waals surface area contributed by atoms with Gasteiger partial charge >= 0.3 is 0 Å². The van der Waals surface area contributed by atoms with E-state index in [1.807, 2.05) is 20.8 Å². The highest BCUT2D eigenvalue weighted by atomic mass is 16.7. The quantitative estimate of drug-likeness (QED) is 0.372. The van der Waals surface area contributed by atoms with Crippen LogP contribution in [0, 0.1) is 10.8 Å². The molecule has 6 heteroatoms. The van der Waals surface area contributed by atoms with Crippen molar-refractivity contribution in [3.8, 4) is 0 Å². The van der Waals surface area contributed by atoms with E-state index >= 15 is 0 Å². The van der Waals surface area contributed by atoms with Gasteiger partial charge in [0.25, 0.3) is 0 Å². The number of aliphatic hydroxyl groups is 1. The molecule has 1 fully saturated rings. The van der Waals surface area contributed by atoms with Crippen molar-refractivity contribution in [2.24, 2.45) is 16.7 Å². The molecule has 0 spiro atoms.